The molecule has 1 aliphatic rings. The molecule has 0 radical (unpaired) electrons. The van der Waals surface area contributed by atoms with Gasteiger partial charge >= 0.3 is 0 Å². The molecule has 0 spiro atoms. The Hall–Kier alpha value is -3.15. The van der Waals surface area contributed by atoms with Crippen LogP contribution in [0.5, 0.6) is 5.75 Å². The number of hydrogen-bond acceptors (Lipinski definition) is 5. The standard InChI is InChI=1S/C26H32N2O4/c1-6-7-8-14-28-22(18-10-9-13-27-16-18)21(24(30)25(28)31)23(29)17-11-12-20(32-5)19(15-17)26(2,3)4/h9-13,15-16,22,29H,6-8,14H2,1-5H3/b23-21-. The first-order valence-electron chi connectivity index (χ1n) is 11.1. The third-order valence-corrected chi connectivity index (χ3v) is 5.82. The monoisotopic (exact) mass is 436 g/mol. The smallest absolute Gasteiger partial charge is 0.295 e. The number of benzene rings is 1. The van der Waals surface area contributed by atoms with Gasteiger partial charge in [-0.05, 0) is 41.7 Å². The van der Waals surface area contributed by atoms with Gasteiger partial charge in [0.2, 0.25) is 0 Å². The minimum atomic E-state index is -0.666. The molecule has 1 unspecified atom stereocenters. The number of aliphatic hydroxyl groups excluding tert-OH is 1. The molecule has 1 aliphatic heterocycles. The van der Waals surface area contributed by atoms with E-state index in [9.17, 15) is 14.7 Å². The van der Waals surface area contributed by atoms with Gasteiger partial charge in [0.15, 0.2) is 0 Å². The first kappa shape index (κ1) is 23.5. The maximum absolute atomic E-state index is 13.1. The van der Waals surface area contributed by atoms with Gasteiger partial charge < -0.3 is 14.7 Å². The highest BCUT2D eigenvalue weighted by molar-refractivity contribution is 6.46. The summed E-state index contributed by atoms with van der Waals surface area (Å²) in [4.78, 5) is 31.8. The van der Waals surface area contributed by atoms with E-state index >= 15 is 0 Å². The number of likely N-dealkylation sites (tertiary alicyclic amines) is 1. The van der Waals surface area contributed by atoms with Gasteiger partial charge in [0, 0.05) is 30.1 Å². The van der Waals surface area contributed by atoms with Crippen LogP contribution in [0.25, 0.3) is 5.76 Å². The molecule has 1 fully saturated rings. The zero-order valence-electron chi connectivity index (χ0n) is 19.5. The molecule has 6 nitrogen and oxygen atoms in total. The van der Waals surface area contributed by atoms with Crippen LogP contribution in [0.15, 0.2) is 48.3 Å². The number of aromatic nitrogens is 1. The first-order valence-corrected chi connectivity index (χ1v) is 11.1. The van der Waals surface area contributed by atoms with E-state index < -0.39 is 17.7 Å². The fourth-order valence-electron chi connectivity index (χ4n) is 4.12. The quantitative estimate of drug-likeness (QED) is 0.286. The second-order valence-corrected chi connectivity index (χ2v) is 9.15. The number of carbonyl (C=O) groups is 2. The summed E-state index contributed by atoms with van der Waals surface area (Å²) in [5, 5.41) is 11.3. The molecular formula is C26H32N2O4. The normalized spacial score (nSPS) is 18.3. The number of methoxy groups -OCH3 is 1. The van der Waals surface area contributed by atoms with Gasteiger partial charge in [-0.15, -0.1) is 0 Å². The molecule has 1 aromatic heterocycles. The minimum Gasteiger partial charge on any atom is -0.507 e. The molecule has 1 atom stereocenters. The van der Waals surface area contributed by atoms with Crippen LogP contribution in [0.2, 0.25) is 0 Å². The van der Waals surface area contributed by atoms with Crippen LogP contribution in [0, 0.1) is 0 Å². The molecule has 3 rings (SSSR count). The summed E-state index contributed by atoms with van der Waals surface area (Å²) in [5.41, 5.74) is 1.95. The van der Waals surface area contributed by atoms with Gasteiger partial charge in [-0.25, -0.2) is 0 Å². The lowest BCUT2D eigenvalue weighted by molar-refractivity contribution is -0.139. The van der Waals surface area contributed by atoms with Crippen molar-refractivity contribution in [3.8, 4) is 5.75 Å². The van der Waals surface area contributed by atoms with Crippen LogP contribution in [0.1, 0.15) is 69.7 Å². The summed E-state index contributed by atoms with van der Waals surface area (Å²) in [6.07, 6.45) is 6.03. The number of ketones is 1. The number of pyridine rings is 1. The Balaban J connectivity index is 2.16. The number of aliphatic hydroxyl groups is 1. The predicted molar refractivity (Wildman–Crippen MR) is 124 cm³/mol. The van der Waals surface area contributed by atoms with E-state index in [4.69, 9.17) is 4.74 Å². The van der Waals surface area contributed by atoms with E-state index in [-0.39, 0.29) is 16.7 Å². The highest BCUT2D eigenvalue weighted by Gasteiger charge is 2.46. The Bertz CT molecular complexity index is 1020. The van der Waals surface area contributed by atoms with Gasteiger partial charge in [-0.3, -0.25) is 14.6 Å². The molecule has 0 bridgehead atoms. The summed E-state index contributed by atoms with van der Waals surface area (Å²) in [6.45, 7) is 8.69. The molecule has 6 heteroatoms. The van der Waals surface area contributed by atoms with Gasteiger partial charge in [0.05, 0.1) is 18.7 Å². The van der Waals surface area contributed by atoms with E-state index in [2.05, 4.69) is 32.7 Å². The molecule has 170 valence electrons. The van der Waals surface area contributed by atoms with Crippen LogP contribution in [0.3, 0.4) is 0 Å². The van der Waals surface area contributed by atoms with Crippen molar-refractivity contribution in [3.05, 3.63) is 65.0 Å². The van der Waals surface area contributed by atoms with Crippen molar-refractivity contribution in [1.29, 1.82) is 0 Å². The molecule has 0 aliphatic carbocycles. The summed E-state index contributed by atoms with van der Waals surface area (Å²) >= 11 is 0. The summed E-state index contributed by atoms with van der Waals surface area (Å²) in [5.74, 6) is -0.719. The van der Waals surface area contributed by atoms with Crippen molar-refractivity contribution in [2.45, 2.75) is 58.4 Å². The van der Waals surface area contributed by atoms with Gasteiger partial charge in [0.25, 0.3) is 11.7 Å². The number of ether oxygens (including phenoxy) is 1. The number of nitrogens with zero attached hydrogens (tertiary/aromatic N) is 2. The largest absolute Gasteiger partial charge is 0.507 e. The Kier molecular flexibility index (Phi) is 7.02. The lowest BCUT2D eigenvalue weighted by Gasteiger charge is -2.25. The Morgan fingerprint density at radius 2 is 1.94 bits per heavy atom. The number of hydrogen-bond donors (Lipinski definition) is 1. The molecule has 1 amide bonds. The van der Waals surface area contributed by atoms with E-state index in [0.717, 1.165) is 24.8 Å². The number of Topliss-reactive ketones (excluding diaryl/α,β-unsaturated/α-hetero) is 1. The third kappa shape index (κ3) is 4.54. The second-order valence-electron chi connectivity index (χ2n) is 9.15. The van der Waals surface area contributed by atoms with E-state index in [1.807, 2.05) is 12.1 Å². The van der Waals surface area contributed by atoms with Crippen LogP contribution in [-0.4, -0.2) is 40.3 Å². The summed E-state index contributed by atoms with van der Waals surface area (Å²) in [6, 6.07) is 8.27. The number of rotatable bonds is 7. The van der Waals surface area contributed by atoms with Crippen LogP contribution < -0.4 is 4.74 Å². The predicted octanol–water partition coefficient (Wildman–Crippen LogP) is 5.00. The Morgan fingerprint density at radius 1 is 1.19 bits per heavy atom. The van der Waals surface area contributed by atoms with Crippen LogP contribution in [-0.2, 0) is 15.0 Å². The maximum atomic E-state index is 13.1. The van der Waals surface area contributed by atoms with Gasteiger partial charge in [-0.2, -0.15) is 0 Å². The maximum Gasteiger partial charge on any atom is 0.295 e. The van der Waals surface area contributed by atoms with Crippen LogP contribution >= 0.6 is 0 Å². The molecule has 32 heavy (non-hydrogen) atoms. The zero-order chi connectivity index (χ0) is 23.5. The van der Waals surface area contributed by atoms with Crippen molar-refractivity contribution >= 4 is 17.4 Å². The minimum absolute atomic E-state index is 0.101. The average molecular weight is 437 g/mol. The number of unbranched alkanes of at least 4 members (excludes halogenated alkanes) is 2. The topological polar surface area (TPSA) is 79.7 Å². The summed E-state index contributed by atoms with van der Waals surface area (Å²) < 4.78 is 5.50. The molecule has 1 N–H and O–H groups in total. The second kappa shape index (κ2) is 9.55. The van der Waals surface area contributed by atoms with E-state index in [1.54, 1.807) is 42.6 Å². The van der Waals surface area contributed by atoms with E-state index in [0.29, 0.717) is 23.4 Å². The lowest BCUT2D eigenvalue weighted by atomic mass is 9.84. The molecular weight excluding hydrogens is 404 g/mol. The van der Waals surface area contributed by atoms with Crippen molar-refractivity contribution < 1.29 is 19.4 Å². The Morgan fingerprint density at radius 3 is 2.53 bits per heavy atom. The average Bonchev–Trinajstić information content (AvgIpc) is 3.03. The van der Waals surface area contributed by atoms with Crippen molar-refractivity contribution in [1.82, 2.24) is 9.88 Å². The first-order chi connectivity index (χ1) is 15.2. The highest BCUT2D eigenvalue weighted by atomic mass is 16.5. The Labute approximate surface area is 189 Å². The van der Waals surface area contributed by atoms with Gasteiger partial charge in [0.1, 0.15) is 11.5 Å². The number of amides is 1. The molecule has 1 aromatic carbocycles. The molecule has 0 saturated carbocycles. The SMILES string of the molecule is CCCCCN1C(=O)C(=O)/C(=C(\O)c2ccc(OC)c(C(C)(C)C)c2)C1c1cccnc1. The fourth-order valence-corrected chi connectivity index (χ4v) is 4.12. The summed E-state index contributed by atoms with van der Waals surface area (Å²) in [7, 11) is 1.61. The van der Waals surface area contributed by atoms with Crippen molar-refractivity contribution in [2.75, 3.05) is 13.7 Å². The lowest BCUT2D eigenvalue weighted by Crippen LogP contribution is -2.30. The van der Waals surface area contributed by atoms with Crippen molar-refractivity contribution in [2.24, 2.45) is 0 Å². The van der Waals surface area contributed by atoms with E-state index in [1.165, 1.54) is 0 Å². The zero-order valence-corrected chi connectivity index (χ0v) is 19.5. The number of carbonyl (C=O) groups excluding carboxylic acids is 2. The third-order valence-electron chi connectivity index (χ3n) is 5.82. The fraction of sp³-hybridized carbons (Fsp3) is 0.423. The molecule has 2 heterocycles. The molecule has 1 saturated heterocycles. The highest BCUT2D eigenvalue weighted by Crippen LogP contribution is 2.40. The van der Waals surface area contributed by atoms with Crippen molar-refractivity contribution in [3.63, 3.8) is 0 Å². The van der Waals surface area contributed by atoms with Gasteiger partial charge in [-0.1, -0.05) is 46.6 Å². The molecule has 2 aromatic rings. The van der Waals surface area contributed by atoms with Crippen LogP contribution in [0.4, 0.5) is 0 Å².